The molecule has 0 amide bonds. The van der Waals surface area contributed by atoms with Crippen molar-refractivity contribution in [2.75, 3.05) is 32.7 Å². The number of aromatic nitrogens is 2. The smallest absolute Gasteiger partial charge is 0.226 e. The number of rotatable bonds is 7. The second-order valence-corrected chi connectivity index (χ2v) is 6.36. The molecule has 1 aromatic carbocycles. The number of aliphatic hydroxyl groups excluding tert-OH is 1. The first-order valence-electron chi connectivity index (χ1n) is 8.73. The van der Waals surface area contributed by atoms with Gasteiger partial charge in [0.1, 0.15) is 0 Å². The molecule has 6 nitrogen and oxygen atoms in total. The molecule has 3 rings (SSSR count). The van der Waals surface area contributed by atoms with Crippen LogP contribution in [0.3, 0.4) is 0 Å². The SMILES string of the molecule is CCCc1nc(CN2CCN(C[C@H](O)c3ccccc3)CC2)no1. The first-order valence-corrected chi connectivity index (χ1v) is 8.73. The average molecular weight is 330 g/mol. The molecule has 24 heavy (non-hydrogen) atoms. The highest BCUT2D eigenvalue weighted by molar-refractivity contribution is 5.17. The largest absolute Gasteiger partial charge is 0.387 e. The maximum atomic E-state index is 10.3. The normalized spacial score (nSPS) is 17.9. The van der Waals surface area contributed by atoms with Gasteiger partial charge in [0, 0.05) is 39.1 Å². The van der Waals surface area contributed by atoms with Crippen molar-refractivity contribution >= 4 is 0 Å². The maximum Gasteiger partial charge on any atom is 0.226 e. The van der Waals surface area contributed by atoms with Crippen LogP contribution in [0, 0.1) is 0 Å². The molecule has 130 valence electrons. The molecule has 2 heterocycles. The molecule has 0 spiro atoms. The molecule has 0 bridgehead atoms. The standard InChI is InChI=1S/C18H26N4O2/c1-2-6-18-19-17(20-24-18)14-22-11-9-21(10-12-22)13-16(23)15-7-4-3-5-8-15/h3-5,7-8,16,23H,2,6,9-14H2,1H3/t16-/m0/s1. The minimum absolute atomic E-state index is 0.424. The quantitative estimate of drug-likeness (QED) is 0.836. The zero-order chi connectivity index (χ0) is 16.8. The number of hydrogen-bond acceptors (Lipinski definition) is 6. The highest BCUT2D eigenvalue weighted by Gasteiger charge is 2.21. The van der Waals surface area contributed by atoms with Crippen LogP contribution < -0.4 is 0 Å². The number of aryl methyl sites for hydroxylation is 1. The Hall–Kier alpha value is -1.76. The first-order chi connectivity index (χ1) is 11.7. The van der Waals surface area contributed by atoms with Crippen LogP contribution in [0.4, 0.5) is 0 Å². The van der Waals surface area contributed by atoms with Crippen molar-refractivity contribution in [2.24, 2.45) is 0 Å². The predicted octanol–water partition coefficient (Wildman–Crippen LogP) is 1.87. The van der Waals surface area contributed by atoms with Crippen molar-refractivity contribution < 1.29 is 9.63 Å². The molecular formula is C18H26N4O2. The molecule has 0 radical (unpaired) electrons. The molecule has 1 fully saturated rings. The third-order valence-electron chi connectivity index (χ3n) is 4.42. The Morgan fingerprint density at radius 2 is 1.83 bits per heavy atom. The molecule has 1 saturated heterocycles. The van der Waals surface area contributed by atoms with Gasteiger partial charge in [-0.25, -0.2) is 0 Å². The maximum absolute atomic E-state index is 10.3. The summed E-state index contributed by atoms with van der Waals surface area (Å²) in [5.41, 5.74) is 0.982. The van der Waals surface area contributed by atoms with Crippen LogP contribution in [0.5, 0.6) is 0 Å². The number of hydrogen-bond donors (Lipinski definition) is 1. The fraction of sp³-hybridized carbons (Fsp3) is 0.556. The van der Waals surface area contributed by atoms with Crippen LogP contribution in [-0.2, 0) is 13.0 Å². The Labute approximate surface area is 143 Å². The number of piperazine rings is 1. The van der Waals surface area contributed by atoms with E-state index in [1.807, 2.05) is 30.3 Å². The van der Waals surface area contributed by atoms with Gasteiger partial charge in [-0.15, -0.1) is 0 Å². The molecule has 0 aliphatic carbocycles. The zero-order valence-corrected chi connectivity index (χ0v) is 14.3. The lowest BCUT2D eigenvalue weighted by Gasteiger charge is -2.35. The summed E-state index contributed by atoms with van der Waals surface area (Å²) in [6.07, 6.45) is 1.44. The molecule has 2 aromatic rings. The Bertz CT molecular complexity index is 608. The van der Waals surface area contributed by atoms with Gasteiger partial charge < -0.3 is 9.63 Å². The minimum atomic E-state index is -0.424. The van der Waals surface area contributed by atoms with Gasteiger partial charge in [-0.1, -0.05) is 42.4 Å². The lowest BCUT2D eigenvalue weighted by atomic mass is 10.1. The van der Waals surface area contributed by atoms with Crippen molar-refractivity contribution in [3.63, 3.8) is 0 Å². The summed E-state index contributed by atoms with van der Waals surface area (Å²) < 4.78 is 5.24. The van der Waals surface area contributed by atoms with Crippen LogP contribution in [0.15, 0.2) is 34.9 Å². The van der Waals surface area contributed by atoms with Crippen molar-refractivity contribution in [2.45, 2.75) is 32.4 Å². The Balaban J connectivity index is 1.43. The van der Waals surface area contributed by atoms with E-state index in [-0.39, 0.29) is 0 Å². The van der Waals surface area contributed by atoms with Gasteiger partial charge in [-0.2, -0.15) is 4.98 Å². The van der Waals surface area contributed by atoms with Gasteiger partial charge in [0.15, 0.2) is 5.82 Å². The highest BCUT2D eigenvalue weighted by Crippen LogP contribution is 2.15. The number of benzene rings is 1. The Morgan fingerprint density at radius 3 is 2.54 bits per heavy atom. The summed E-state index contributed by atoms with van der Waals surface area (Å²) in [5, 5.41) is 14.4. The molecule has 1 aromatic heterocycles. The second-order valence-electron chi connectivity index (χ2n) is 6.36. The van der Waals surface area contributed by atoms with Gasteiger partial charge in [-0.3, -0.25) is 9.80 Å². The lowest BCUT2D eigenvalue weighted by Crippen LogP contribution is -2.47. The highest BCUT2D eigenvalue weighted by atomic mass is 16.5. The molecular weight excluding hydrogens is 304 g/mol. The molecule has 1 atom stereocenters. The molecule has 1 N–H and O–H groups in total. The van der Waals surface area contributed by atoms with Gasteiger partial charge in [0.2, 0.25) is 5.89 Å². The molecule has 1 aliphatic rings. The van der Waals surface area contributed by atoms with E-state index in [1.165, 1.54) is 0 Å². The van der Waals surface area contributed by atoms with E-state index in [4.69, 9.17) is 4.52 Å². The summed E-state index contributed by atoms with van der Waals surface area (Å²) in [6, 6.07) is 9.86. The van der Waals surface area contributed by atoms with Crippen molar-refractivity contribution in [1.82, 2.24) is 19.9 Å². The van der Waals surface area contributed by atoms with E-state index >= 15 is 0 Å². The van der Waals surface area contributed by atoms with Crippen LogP contribution in [0.25, 0.3) is 0 Å². The lowest BCUT2D eigenvalue weighted by molar-refractivity contribution is 0.0690. The van der Waals surface area contributed by atoms with E-state index in [9.17, 15) is 5.11 Å². The summed E-state index contributed by atoms with van der Waals surface area (Å²) in [7, 11) is 0. The van der Waals surface area contributed by atoms with E-state index in [0.717, 1.165) is 62.8 Å². The van der Waals surface area contributed by atoms with Crippen molar-refractivity contribution in [3.8, 4) is 0 Å². The first kappa shape index (κ1) is 17.1. The van der Waals surface area contributed by atoms with E-state index in [1.54, 1.807) is 0 Å². The van der Waals surface area contributed by atoms with E-state index in [0.29, 0.717) is 6.54 Å². The Morgan fingerprint density at radius 1 is 1.12 bits per heavy atom. The summed E-state index contributed by atoms with van der Waals surface area (Å²) >= 11 is 0. The Kier molecular flexibility index (Phi) is 5.96. The summed E-state index contributed by atoms with van der Waals surface area (Å²) in [4.78, 5) is 9.08. The van der Waals surface area contributed by atoms with Crippen LogP contribution >= 0.6 is 0 Å². The fourth-order valence-electron chi connectivity index (χ4n) is 3.02. The zero-order valence-electron chi connectivity index (χ0n) is 14.3. The predicted molar refractivity (Wildman–Crippen MR) is 91.4 cm³/mol. The number of aliphatic hydroxyl groups is 1. The summed E-state index contributed by atoms with van der Waals surface area (Å²) in [5.74, 6) is 1.51. The monoisotopic (exact) mass is 330 g/mol. The minimum Gasteiger partial charge on any atom is -0.387 e. The molecule has 6 heteroatoms. The number of nitrogens with zero attached hydrogens (tertiary/aromatic N) is 4. The topological polar surface area (TPSA) is 65.6 Å². The number of β-amino-alcohol motifs (C(OH)–C–C–N with tert-alkyl or cyclic N) is 1. The van der Waals surface area contributed by atoms with Gasteiger partial charge in [-0.05, 0) is 12.0 Å². The fourth-order valence-corrected chi connectivity index (χ4v) is 3.02. The third-order valence-corrected chi connectivity index (χ3v) is 4.42. The average Bonchev–Trinajstić information content (AvgIpc) is 3.05. The van der Waals surface area contributed by atoms with Crippen molar-refractivity contribution in [1.29, 1.82) is 0 Å². The van der Waals surface area contributed by atoms with Crippen LogP contribution in [0.2, 0.25) is 0 Å². The van der Waals surface area contributed by atoms with E-state index < -0.39 is 6.10 Å². The van der Waals surface area contributed by atoms with Crippen LogP contribution in [0.1, 0.15) is 36.7 Å². The van der Waals surface area contributed by atoms with Crippen molar-refractivity contribution in [3.05, 3.63) is 47.6 Å². The van der Waals surface area contributed by atoms with Gasteiger partial charge in [0.05, 0.1) is 12.6 Å². The van der Waals surface area contributed by atoms with Gasteiger partial charge >= 0.3 is 0 Å². The molecule has 0 saturated carbocycles. The third kappa shape index (κ3) is 4.63. The summed E-state index contributed by atoms with van der Waals surface area (Å²) in [6.45, 7) is 7.33. The van der Waals surface area contributed by atoms with E-state index in [2.05, 4.69) is 26.9 Å². The molecule has 1 aliphatic heterocycles. The second kappa shape index (κ2) is 8.37. The molecule has 0 unspecified atom stereocenters. The van der Waals surface area contributed by atoms with Crippen LogP contribution in [-0.4, -0.2) is 57.8 Å². The van der Waals surface area contributed by atoms with Gasteiger partial charge in [0.25, 0.3) is 0 Å².